The summed E-state index contributed by atoms with van der Waals surface area (Å²) in [7, 11) is 0. The highest BCUT2D eigenvalue weighted by atomic mass is 32.1. The average Bonchev–Trinajstić information content (AvgIpc) is 3.09. The summed E-state index contributed by atoms with van der Waals surface area (Å²) in [6.07, 6.45) is 0.956. The Morgan fingerprint density at radius 1 is 1.17 bits per heavy atom. The Balaban J connectivity index is 1.47. The molecule has 0 fully saturated rings. The number of pyridine rings is 1. The summed E-state index contributed by atoms with van der Waals surface area (Å²) in [4.78, 5) is 4.21. The lowest BCUT2D eigenvalue weighted by Gasteiger charge is -2.12. The van der Waals surface area contributed by atoms with Gasteiger partial charge in [0.25, 0.3) is 0 Å². The van der Waals surface area contributed by atoms with E-state index in [0.717, 1.165) is 5.69 Å². The molecule has 6 nitrogen and oxygen atoms in total. The van der Waals surface area contributed by atoms with Gasteiger partial charge >= 0.3 is 0 Å². The monoisotopic (exact) mass is 346 g/mol. The third-order valence-electron chi connectivity index (χ3n) is 3.05. The highest BCUT2D eigenvalue weighted by molar-refractivity contribution is 7.18. The van der Waals surface area contributed by atoms with Crippen molar-refractivity contribution in [3.05, 3.63) is 54.5 Å². The van der Waals surface area contributed by atoms with Gasteiger partial charge in [0.2, 0.25) is 5.13 Å². The Bertz CT molecular complexity index is 767. The number of hydrogen-bond donors (Lipinski definition) is 2. The highest BCUT2D eigenvalue weighted by Gasteiger charge is 2.10. The Hall–Kier alpha value is -2.58. The fourth-order valence-electron chi connectivity index (χ4n) is 1.87. The first-order valence-corrected chi connectivity index (χ1v) is 8.07. The largest absolute Gasteiger partial charge is 0.491 e. The molecule has 0 aliphatic rings. The number of aliphatic hydroxyl groups is 1. The highest BCUT2D eigenvalue weighted by Crippen LogP contribution is 2.24. The molecule has 8 heteroatoms. The van der Waals surface area contributed by atoms with Gasteiger partial charge in [-0.1, -0.05) is 17.4 Å². The van der Waals surface area contributed by atoms with Crippen LogP contribution >= 0.6 is 11.3 Å². The average molecular weight is 346 g/mol. The predicted molar refractivity (Wildman–Crippen MR) is 89.5 cm³/mol. The van der Waals surface area contributed by atoms with E-state index in [1.165, 1.54) is 35.6 Å². The molecule has 0 spiro atoms. The van der Waals surface area contributed by atoms with Crippen molar-refractivity contribution in [3.8, 4) is 16.5 Å². The van der Waals surface area contributed by atoms with Gasteiger partial charge in [-0.15, -0.1) is 10.2 Å². The van der Waals surface area contributed by atoms with Crippen molar-refractivity contribution in [2.75, 3.05) is 18.5 Å². The topological polar surface area (TPSA) is 80.2 Å². The summed E-state index contributed by atoms with van der Waals surface area (Å²) in [5, 5.41) is 22.3. The van der Waals surface area contributed by atoms with E-state index in [-0.39, 0.29) is 19.0 Å². The van der Waals surface area contributed by atoms with Crippen LogP contribution in [0.3, 0.4) is 0 Å². The molecule has 124 valence electrons. The molecule has 0 aliphatic heterocycles. The number of nitrogens with one attached hydrogen (secondary N) is 1. The summed E-state index contributed by atoms with van der Waals surface area (Å²) < 4.78 is 18.2. The number of hydrogen-bond acceptors (Lipinski definition) is 7. The van der Waals surface area contributed by atoms with E-state index >= 15 is 0 Å². The third kappa shape index (κ3) is 4.46. The number of benzene rings is 1. The number of anilines is 1. The number of aliphatic hydroxyl groups excluding tert-OH is 1. The SMILES string of the molecule is OC(CNc1nnc(-c2ccccn2)s1)COc1ccc(F)cc1. The molecule has 2 N–H and O–H groups in total. The molecule has 1 unspecified atom stereocenters. The van der Waals surface area contributed by atoms with Crippen LogP contribution < -0.4 is 10.1 Å². The van der Waals surface area contributed by atoms with Crippen molar-refractivity contribution >= 4 is 16.5 Å². The maximum atomic E-state index is 12.8. The van der Waals surface area contributed by atoms with Crippen LogP contribution in [0.2, 0.25) is 0 Å². The molecular weight excluding hydrogens is 331 g/mol. The second-order valence-electron chi connectivity index (χ2n) is 4.93. The van der Waals surface area contributed by atoms with Gasteiger partial charge < -0.3 is 15.2 Å². The number of halogens is 1. The lowest BCUT2D eigenvalue weighted by molar-refractivity contribution is 0.117. The first-order valence-electron chi connectivity index (χ1n) is 7.26. The van der Waals surface area contributed by atoms with Gasteiger partial charge in [-0.3, -0.25) is 4.98 Å². The predicted octanol–water partition coefficient (Wildman–Crippen LogP) is 2.59. The maximum Gasteiger partial charge on any atom is 0.206 e. The van der Waals surface area contributed by atoms with E-state index in [4.69, 9.17) is 4.74 Å². The van der Waals surface area contributed by atoms with Gasteiger partial charge in [-0.2, -0.15) is 0 Å². The molecule has 0 bridgehead atoms. The van der Waals surface area contributed by atoms with E-state index < -0.39 is 6.10 Å². The number of rotatable bonds is 7. The van der Waals surface area contributed by atoms with Gasteiger partial charge in [-0.05, 0) is 36.4 Å². The molecular formula is C16H15FN4O2S. The van der Waals surface area contributed by atoms with Crippen molar-refractivity contribution in [1.29, 1.82) is 0 Å². The third-order valence-corrected chi connectivity index (χ3v) is 3.96. The quantitative estimate of drug-likeness (QED) is 0.684. The maximum absolute atomic E-state index is 12.8. The number of nitrogens with zero attached hydrogens (tertiary/aromatic N) is 3. The van der Waals surface area contributed by atoms with E-state index in [2.05, 4.69) is 20.5 Å². The first-order chi connectivity index (χ1) is 11.7. The zero-order chi connectivity index (χ0) is 16.8. The van der Waals surface area contributed by atoms with Crippen LogP contribution in [0, 0.1) is 5.82 Å². The van der Waals surface area contributed by atoms with Crippen LogP contribution in [0.25, 0.3) is 10.7 Å². The van der Waals surface area contributed by atoms with Gasteiger partial charge in [-0.25, -0.2) is 4.39 Å². The number of ether oxygens (including phenoxy) is 1. The van der Waals surface area contributed by atoms with Gasteiger partial charge in [0, 0.05) is 12.7 Å². The zero-order valence-electron chi connectivity index (χ0n) is 12.6. The molecule has 3 rings (SSSR count). The zero-order valence-corrected chi connectivity index (χ0v) is 13.4. The van der Waals surface area contributed by atoms with Crippen LogP contribution in [-0.4, -0.2) is 39.5 Å². The molecule has 24 heavy (non-hydrogen) atoms. The molecule has 0 saturated carbocycles. The fourth-order valence-corrected chi connectivity index (χ4v) is 2.60. The minimum Gasteiger partial charge on any atom is -0.491 e. The molecule has 0 amide bonds. The normalized spacial score (nSPS) is 11.9. The summed E-state index contributed by atoms with van der Waals surface area (Å²) in [5.74, 6) is 0.174. The number of aromatic nitrogens is 3. The summed E-state index contributed by atoms with van der Waals surface area (Å²) in [6, 6.07) is 11.2. The second kappa shape index (κ2) is 7.80. The smallest absolute Gasteiger partial charge is 0.206 e. The molecule has 0 radical (unpaired) electrons. The van der Waals surface area contributed by atoms with Crippen LogP contribution in [0.15, 0.2) is 48.7 Å². The first kappa shape index (κ1) is 16.3. The van der Waals surface area contributed by atoms with E-state index in [1.54, 1.807) is 6.20 Å². The lowest BCUT2D eigenvalue weighted by Crippen LogP contribution is -2.26. The summed E-state index contributed by atoms with van der Waals surface area (Å²) in [5.41, 5.74) is 0.753. The molecule has 2 heterocycles. The van der Waals surface area contributed by atoms with Crippen molar-refractivity contribution in [2.24, 2.45) is 0 Å². The van der Waals surface area contributed by atoms with E-state index in [9.17, 15) is 9.50 Å². The second-order valence-corrected chi connectivity index (χ2v) is 5.90. The minimum atomic E-state index is -0.739. The molecule has 2 aromatic heterocycles. The van der Waals surface area contributed by atoms with Gasteiger partial charge in [0.15, 0.2) is 5.01 Å². The van der Waals surface area contributed by atoms with Crippen LogP contribution in [0.4, 0.5) is 9.52 Å². The lowest BCUT2D eigenvalue weighted by atomic mass is 10.3. The molecule has 1 aromatic carbocycles. The Morgan fingerprint density at radius 3 is 2.75 bits per heavy atom. The van der Waals surface area contributed by atoms with Crippen molar-refractivity contribution in [2.45, 2.75) is 6.10 Å². The summed E-state index contributed by atoms with van der Waals surface area (Å²) in [6.45, 7) is 0.350. The standard InChI is InChI=1S/C16H15FN4O2S/c17-11-4-6-13(7-5-11)23-10-12(22)9-19-16-21-20-15(24-16)14-3-1-2-8-18-14/h1-8,12,22H,9-10H2,(H,19,21). The molecule has 0 saturated heterocycles. The van der Waals surface area contributed by atoms with Crippen molar-refractivity contribution < 1.29 is 14.2 Å². The van der Waals surface area contributed by atoms with Crippen LogP contribution in [0.5, 0.6) is 5.75 Å². The van der Waals surface area contributed by atoms with E-state index in [1.807, 2.05) is 18.2 Å². The van der Waals surface area contributed by atoms with Crippen LogP contribution in [-0.2, 0) is 0 Å². The van der Waals surface area contributed by atoms with Crippen LogP contribution in [0.1, 0.15) is 0 Å². The van der Waals surface area contributed by atoms with Crippen molar-refractivity contribution in [3.63, 3.8) is 0 Å². The van der Waals surface area contributed by atoms with Crippen molar-refractivity contribution in [1.82, 2.24) is 15.2 Å². The molecule has 1 atom stereocenters. The molecule has 0 aliphatic carbocycles. The summed E-state index contributed by atoms with van der Waals surface area (Å²) >= 11 is 1.35. The van der Waals surface area contributed by atoms with Gasteiger partial charge in [0.1, 0.15) is 30.0 Å². The van der Waals surface area contributed by atoms with Gasteiger partial charge in [0.05, 0.1) is 0 Å². The Morgan fingerprint density at radius 2 is 2.00 bits per heavy atom. The minimum absolute atomic E-state index is 0.0878. The van der Waals surface area contributed by atoms with E-state index in [0.29, 0.717) is 15.9 Å². The Kier molecular flexibility index (Phi) is 5.29. The fraction of sp³-hybridized carbons (Fsp3) is 0.188. The Labute approximate surface area is 142 Å². The molecule has 3 aromatic rings.